The molecule has 0 aliphatic rings. The van der Waals surface area contributed by atoms with E-state index < -0.39 is 0 Å². The largest absolute Gasteiger partial charge is 0.507 e. The van der Waals surface area contributed by atoms with Crippen LogP contribution in [-0.2, 0) is 11.8 Å². The Labute approximate surface area is 191 Å². The molecule has 0 unspecified atom stereocenters. The lowest BCUT2D eigenvalue weighted by molar-refractivity contribution is 0.448. The third-order valence-corrected chi connectivity index (χ3v) is 6.26. The molecule has 0 radical (unpaired) electrons. The van der Waals surface area contributed by atoms with Gasteiger partial charge in [-0.2, -0.15) is 0 Å². The summed E-state index contributed by atoms with van der Waals surface area (Å²) in [6, 6.07) is 27.6. The smallest absolute Gasteiger partial charge is 0.127 e. The Morgan fingerprint density at radius 3 is 2.25 bits per heavy atom. The molecule has 4 aromatic rings. The van der Waals surface area contributed by atoms with Crippen LogP contribution in [0.2, 0.25) is 0 Å². The summed E-state index contributed by atoms with van der Waals surface area (Å²) in [5.41, 5.74) is 6.29. The van der Waals surface area contributed by atoms with E-state index in [1.54, 1.807) is 0 Å². The van der Waals surface area contributed by atoms with Gasteiger partial charge < -0.3 is 10.4 Å². The van der Waals surface area contributed by atoms with Crippen molar-refractivity contribution >= 4 is 16.5 Å². The molecule has 0 fully saturated rings. The van der Waals surface area contributed by atoms with Gasteiger partial charge in [0.05, 0.1) is 0 Å². The van der Waals surface area contributed by atoms with Crippen molar-refractivity contribution < 1.29 is 5.11 Å². The topological polar surface area (TPSA) is 32.3 Å². The van der Waals surface area contributed by atoms with Gasteiger partial charge in [-0.25, -0.2) is 0 Å². The summed E-state index contributed by atoms with van der Waals surface area (Å²) in [5.74, 6) is 0.376. The van der Waals surface area contributed by atoms with Crippen molar-refractivity contribution in [3.8, 4) is 16.9 Å². The highest BCUT2D eigenvalue weighted by Gasteiger charge is 2.24. The number of hydrogen-bond donors (Lipinski definition) is 2. The van der Waals surface area contributed by atoms with E-state index in [1.165, 1.54) is 16.5 Å². The number of hydrogen-bond acceptors (Lipinski definition) is 2. The van der Waals surface area contributed by atoms with Crippen molar-refractivity contribution in [3.63, 3.8) is 0 Å². The zero-order chi connectivity index (χ0) is 22.9. The lowest BCUT2D eigenvalue weighted by Crippen LogP contribution is -2.13. The summed E-state index contributed by atoms with van der Waals surface area (Å²) in [7, 11) is 0. The average Bonchev–Trinajstić information content (AvgIpc) is 2.79. The highest BCUT2D eigenvalue weighted by molar-refractivity contribution is 6.04. The highest BCUT2D eigenvalue weighted by Crippen LogP contribution is 2.45. The first-order valence-corrected chi connectivity index (χ1v) is 11.5. The van der Waals surface area contributed by atoms with Crippen LogP contribution in [-0.4, -0.2) is 5.11 Å². The van der Waals surface area contributed by atoms with Gasteiger partial charge in [0.2, 0.25) is 0 Å². The lowest BCUT2D eigenvalue weighted by Gasteiger charge is -2.25. The molecule has 0 aromatic heterocycles. The predicted octanol–water partition coefficient (Wildman–Crippen LogP) is 8.25. The van der Waals surface area contributed by atoms with Gasteiger partial charge in [-0.05, 0) is 52.8 Å². The molecule has 0 amide bonds. The Kier molecular flexibility index (Phi) is 5.97. The van der Waals surface area contributed by atoms with E-state index in [0.29, 0.717) is 5.75 Å². The molecule has 0 aliphatic heterocycles. The van der Waals surface area contributed by atoms with Gasteiger partial charge in [-0.15, -0.1) is 0 Å². The molecule has 2 N–H and O–H groups in total. The molecule has 2 heteroatoms. The van der Waals surface area contributed by atoms with Crippen LogP contribution < -0.4 is 5.32 Å². The van der Waals surface area contributed by atoms with Crippen molar-refractivity contribution in [2.24, 2.45) is 0 Å². The third-order valence-electron chi connectivity index (χ3n) is 6.26. The molecule has 2 nitrogen and oxygen atoms in total. The maximum Gasteiger partial charge on any atom is 0.127 e. The van der Waals surface area contributed by atoms with Crippen LogP contribution in [0.4, 0.5) is 5.69 Å². The minimum absolute atomic E-state index is 0.134. The number of anilines is 1. The summed E-state index contributed by atoms with van der Waals surface area (Å²) < 4.78 is 0. The van der Waals surface area contributed by atoms with E-state index in [0.717, 1.165) is 34.2 Å². The molecule has 4 aromatic carbocycles. The van der Waals surface area contributed by atoms with E-state index in [1.807, 2.05) is 6.07 Å². The van der Waals surface area contributed by atoms with Crippen LogP contribution in [0.25, 0.3) is 21.9 Å². The van der Waals surface area contributed by atoms with Crippen LogP contribution in [0.3, 0.4) is 0 Å². The molecule has 164 valence electrons. The number of rotatable bonds is 5. The lowest BCUT2D eigenvalue weighted by atomic mass is 9.82. The zero-order valence-electron chi connectivity index (χ0n) is 19.7. The number of phenols is 1. The second-order valence-corrected chi connectivity index (χ2v) is 9.63. The average molecular weight is 424 g/mol. The van der Waals surface area contributed by atoms with Gasteiger partial charge in [0, 0.05) is 28.4 Å². The fourth-order valence-corrected chi connectivity index (χ4v) is 4.40. The van der Waals surface area contributed by atoms with Gasteiger partial charge in [-0.3, -0.25) is 0 Å². The first-order valence-electron chi connectivity index (χ1n) is 11.5. The Hall–Kier alpha value is -3.26. The van der Waals surface area contributed by atoms with Crippen molar-refractivity contribution in [2.75, 3.05) is 5.32 Å². The monoisotopic (exact) mass is 423 g/mol. The molecule has 4 rings (SSSR count). The summed E-state index contributed by atoms with van der Waals surface area (Å²) in [5, 5.41) is 17.5. The Morgan fingerprint density at radius 1 is 0.875 bits per heavy atom. The fourth-order valence-electron chi connectivity index (χ4n) is 4.40. The molecule has 0 saturated carbocycles. The third kappa shape index (κ3) is 4.23. The van der Waals surface area contributed by atoms with Gasteiger partial charge in [0.25, 0.3) is 0 Å². The summed E-state index contributed by atoms with van der Waals surface area (Å²) >= 11 is 0. The highest BCUT2D eigenvalue weighted by atomic mass is 16.3. The minimum atomic E-state index is -0.153. The van der Waals surface area contributed by atoms with Crippen LogP contribution in [0.1, 0.15) is 57.4 Å². The van der Waals surface area contributed by atoms with E-state index in [2.05, 4.69) is 113 Å². The second kappa shape index (κ2) is 8.70. The molecular weight excluding hydrogens is 390 g/mol. The summed E-state index contributed by atoms with van der Waals surface area (Å²) in [6.07, 6.45) is 0.921. The van der Waals surface area contributed by atoms with Gasteiger partial charge in [0.15, 0.2) is 0 Å². The molecular formula is C30H33NO. The normalized spacial score (nSPS) is 12.7. The molecule has 32 heavy (non-hydrogen) atoms. The minimum Gasteiger partial charge on any atom is -0.507 e. The number of phenolic OH excluding ortho intramolecular Hbond substituents is 1. The molecule has 0 aliphatic carbocycles. The van der Waals surface area contributed by atoms with E-state index >= 15 is 0 Å². The van der Waals surface area contributed by atoms with Crippen LogP contribution >= 0.6 is 0 Å². The molecule has 0 heterocycles. The van der Waals surface area contributed by atoms with Gasteiger partial charge in [-0.1, -0.05) is 94.4 Å². The van der Waals surface area contributed by atoms with E-state index in [-0.39, 0.29) is 11.5 Å². The van der Waals surface area contributed by atoms with Gasteiger partial charge >= 0.3 is 0 Å². The first-order chi connectivity index (χ1) is 15.3. The van der Waals surface area contributed by atoms with E-state index in [4.69, 9.17) is 0 Å². The number of aryl methyl sites for hydroxylation is 1. The standard InChI is InChI=1S/C30H33NO/c1-6-21-18-25(29(32)26(19-21)30(3,4)5)28-24-15-11-10-14-23(24)16-17-27(28)31-20(2)22-12-8-7-9-13-22/h7-20,31-32H,6H2,1-5H3/t20-/m0/s1. The maximum absolute atomic E-state index is 11.5. The Bertz CT molecular complexity index is 1240. The maximum atomic E-state index is 11.5. The predicted molar refractivity (Wildman–Crippen MR) is 138 cm³/mol. The molecule has 1 atom stereocenters. The van der Waals surface area contributed by atoms with Gasteiger partial charge in [0.1, 0.15) is 5.75 Å². The number of benzene rings is 4. The van der Waals surface area contributed by atoms with Crippen molar-refractivity contribution in [3.05, 3.63) is 95.6 Å². The summed E-state index contributed by atoms with van der Waals surface area (Å²) in [4.78, 5) is 0. The second-order valence-electron chi connectivity index (χ2n) is 9.63. The van der Waals surface area contributed by atoms with Crippen molar-refractivity contribution in [1.82, 2.24) is 0 Å². The van der Waals surface area contributed by atoms with Crippen LogP contribution in [0.5, 0.6) is 5.75 Å². The van der Waals surface area contributed by atoms with Crippen molar-refractivity contribution in [1.29, 1.82) is 0 Å². The van der Waals surface area contributed by atoms with E-state index in [9.17, 15) is 5.11 Å². The first kappa shape index (κ1) is 22.0. The Balaban J connectivity index is 1.96. The zero-order valence-corrected chi connectivity index (χ0v) is 19.7. The van der Waals surface area contributed by atoms with Crippen LogP contribution in [0, 0.1) is 0 Å². The summed E-state index contributed by atoms with van der Waals surface area (Å²) in [6.45, 7) is 10.8. The number of nitrogens with one attached hydrogen (secondary N) is 1. The number of fused-ring (bicyclic) bond motifs is 1. The number of aromatic hydroxyl groups is 1. The fraction of sp³-hybridized carbons (Fsp3) is 0.267. The SMILES string of the molecule is CCc1cc(-c2c(N[C@@H](C)c3ccccc3)ccc3ccccc23)c(O)c(C(C)(C)C)c1. The molecule has 0 bridgehead atoms. The van der Waals surface area contributed by atoms with Crippen LogP contribution in [0.15, 0.2) is 78.9 Å². The molecule has 0 spiro atoms. The Morgan fingerprint density at radius 2 is 1.56 bits per heavy atom. The quantitative estimate of drug-likeness (QED) is 0.339. The molecule has 0 saturated heterocycles. The van der Waals surface area contributed by atoms with Crippen molar-refractivity contribution in [2.45, 2.75) is 52.5 Å².